The van der Waals surface area contributed by atoms with Crippen LogP contribution >= 0.6 is 11.3 Å². The molecule has 1 aromatic carbocycles. The number of thiophene rings is 1. The summed E-state index contributed by atoms with van der Waals surface area (Å²) in [5, 5.41) is 3.53. The Morgan fingerprint density at radius 3 is 2.94 bits per heavy atom. The zero-order chi connectivity index (χ0) is 11.5. The minimum atomic E-state index is 0.955. The molecule has 1 aromatic heterocycles. The molecule has 1 heterocycles. The summed E-state index contributed by atoms with van der Waals surface area (Å²) in [5.41, 5.74) is 1.35. The number of fused-ring (bicyclic) bond motifs is 1. The smallest absolute Gasteiger partial charge is 0.0348 e. The first-order chi connectivity index (χ1) is 8.42. The lowest BCUT2D eigenvalue weighted by Gasteiger charge is -2.03. The normalized spacial score (nSPS) is 17.4. The second kappa shape index (κ2) is 5.05. The lowest BCUT2D eigenvalue weighted by atomic mass is 10.0. The van der Waals surface area contributed by atoms with Gasteiger partial charge in [0.15, 0.2) is 0 Å². The van der Waals surface area contributed by atoms with Crippen LogP contribution in [-0.2, 0) is 0 Å². The summed E-state index contributed by atoms with van der Waals surface area (Å²) in [4.78, 5) is 0. The zero-order valence-corrected chi connectivity index (χ0v) is 10.9. The van der Waals surface area contributed by atoms with Crippen molar-refractivity contribution < 1.29 is 0 Å². The van der Waals surface area contributed by atoms with Crippen molar-refractivity contribution in [2.75, 3.05) is 0 Å². The molecule has 0 spiro atoms. The molecule has 0 N–H and O–H groups in total. The molecule has 0 amide bonds. The van der Waals surface area contributed by atoms with E-state index in [2.05, 4.69) is 41.8 Å². The largest absolute Gasteiger partial charge is 0.144 e. The van der Waals surface area contributed by atoms with Crippen molar-refractivity contribution in [1.29, 1.82) is 0 Å². The Hall–Kier alpha value is -1.08. The molecule has 2 aromatic rings. The van der Waals surface area contributed by atoms with E-state index in [1.54, 1.807) is 0 Å². The quantitative estimate of drug-likeness (QED) is 0.667. The van der Waals surface area contributed by atoms with Gasteiger partial charge in [-0.15, -0.1) is 11.3 Å². The Bertz CT molecular complexity index is 515. The van der Waals surface area contributed by atoms with Crippen molar-refractivity contribution in [3.05, 3.63) is 41.3 Å². The van der Waals surface area contributed by atoms with E-state index in [9.17, 15) is 0 Å². The highest BCUT2D eigenvalue weighted by molar-refractivity contribution is 7.17. The fraction of sp³-hybridized carbons (Fsp3) is 0.375. The Balaban J connectivity index is 1.68. The molecule has 0 nitrogen and oxygen atoms in total. The molecule has 0 unspecified atom stereocenters. The van der Waals surface area contributed by atoms with E-state index in [4.69, 9.17) is 0 Å². The highest BCUT2D eigenvalue weighted by atomic mass is 32.1. The Kier molecular flexibility index (Phi) is 3.28. The van der Waals surface area contributed by atoms with Gasteiger partial charge in [0.2, 0.25) is 0 Å². The molecule has 1 heteroatoms. The molecule has 0 aliphatic heterocycles. The monoisotopic (exact) mass is 242 g/mol. The number of rotatable bonds is 3. The van der Waals surface area contributed by atoms with Gasteiger partial charge in [0.1, 0.15) is 0 Å². The van der Waals surface area contributed by atoms with Crippen LogP contribution in [0.15, 0.2) is 35.7 Å². The van der Waals surface area contributed by atoms with Crippen LogP contribution in [0.1, 0.15) is 37.7 Å². The Morgan fingerprint density at radius 1 is 1.18 bits per heavy atom. The summed E-state index contributed by atoms with van der Waals surface area (Å²) in [6, 6.07) is 8.93. The third-order valence-corrected chi connectivity index (χ3v) is 4.61. The first-order valence-corrected chi connectivity index (χ1v) is 7.43. The van der Waals surface area contributed by atoms with Gasteiger partial charge in [-0.25, -0.2) is 0 Å². The Labute approximate surface area is 107 Å². The van der Waals surface area contributed by atoms with Crippen LogP contribution in [0.3, 0.4) is 0 Å². The third kappa shape index (κ3) is 2.61. The highest BCUT2D eigenvalue weighted by Gasteiger charge is 2.12. The maximum absolute atomic E-state index is 2.37. The molecular weight excluding hydrogens is 224 g/mol. The fourth-order valence-electron chi connectivity index (χ4n) is 2.72. The summed E-state index contributed by atoms with van der Waals surface area (Å²) in [5.74, 6) is 0.955. The van der Waals surface area contributed by atoms with Crippen molar-refractivity contribution >= 4 is 27.5 Å². The van der Waals surface area contributed by atoms with Crippen LogP contribution in [0.25, 0.3) is 16.2 Å². The molecule has 0 radical (unpaired) electrons. The highest BCUT2D eigenvalue weighted by Crippen LogP contribution is 2.28. The fourth-order valence-corrected chi connectivity index (χ4v) is 3.56. The van der Waals surface area contributed by atoms with Gasteiger partial charge in [-0.2, -0.15) is 0 Å². The van der Waals surface area contributed by atoms with Crippen LogP contribution in [-0.4, -0.2) is 0 Å². The first-order valence-electron chi connectivity index (χ1n) is 6.55. The number of hydrogen-bond acceptors (Lipinski definition) is 1. The molecule has 0 saturated heterocycles. The Morgan fingerprint density at radius 2 is 2.06 bits per heavy atom. The van der Waals surface area contributed by atoms with Gasteiger partial charge in [0.25, 0.3) is 0 Å². The summed E-state index contributed by atoms with van der Waals surface area (Å²) in [6.07, 6.45) is 11.7. The molecule has 1 saturated carbocycles. The van der Waals surface area contributed by atoms with E-state index >= 15 is 0 Å². The maximum atomic E-state index is 2.37. The molecule has 1 fully saturated rings. The second-order valence-electron chi connectivity index (χ2n) is 5.01. The second-order valence-corrected chi connectivity index (χ2v) is 5.95. The predicted octanol–water partition coefficient (Wildman–Crippen LogP) is 5.49. The standard InChI is InChI=1S/C16H18S/c1-2-5-13(4-1)6-3-7-14-8-9-15-10-11-17-16(15)12-14/h3,7-13H,1-2,4-6H2/b7-3+. The van der Waals surface area contributed by atoms with Gasteiger partial charge in [-0.1, -0.05) is 50.0 Å². The topological polar surface area (TPSA) is 0 Å². The molecule has 0 atom stereocenters. The average Bonchev–Trinajstić information content (AvgIpc) is 2.98. The maximum Gasteiger partial charge on any atom is 0.0348 e. The van der Waals surface area contributed by atoms with Gasteiger partial charge < -0.3 is 0 Å². The molecular formula is C16H18S. The van der Waals surface area contributed by atoms with Gasteiger partial charge >= 0.3 is 0 Å². The van der Waals surface area contributed by atoms with Gasteiger partial charge in [0.05, 0.1) is 0 Å². The molecule has 3 rings (SSSR count). The van der Waals surface area contributed by atoms with E-state index in [1.807, 2.05) is 11.3 Å². The lowest BCUT2D eigenvalue weighted by molar-refractivity contribution is 0.559. The summed E-state index contributed by atoms with van der Waals surface area (Å²) in [6.45, 7) is 0. The number of allylic oxidation sites excluding steroid dienone is 1. The van der Waals surface area contributed by atoms with E-state index in [0.29, 0.717) is 0 Å². The molecule has 17 heavy (non-hydrogen) atoms. The van der Waals surface area contributed by atoms with Crippen molar-refractivity contribution in [2.24, 2.45) is 5.92 Å². The summed E-state index contributed by atoms with van der Waals surface area (Å²) >= 11 is 1.83. The van der Waals surface area contributed by atoms with Crippen LogP contribution in [0.5, 0.6) is 0 Å². The number of benzene rings is 1. The van der Waals surface area contributed by atoms with Crippen LogP contribution in [0.2, 0.25) is 0 Å². The van der Waals surface area contributed by atoms with E-state index in [0.717, 1.165) is 5.92 Å². The van der Waals surface area contributed by atoms with E-state index in [-0.39, 0.29) is 0 Å². The molecule has 1 aliphatic rings. The summed E-state index contributed by atoms with van der Waals surface area (Å²) < 4.78 is 1.40. The number of hydrogen-bond donors (Lipinski definition) is 0. The van der Waals surface area contributed by atoms with Gasteiger partial charge in [-0.05, 0) is 40.8 Å². The minimum absolute atomic E-state index is 0.955. The summed E-state index contributed by atoms with van der Waals surface area (Å²) in [7, 11) is 0. The van der Waals surface area contributed by atoms with Crippen molar-refractivity contribution in [3.8, 4) is 0 Å². The minimum Gasteiger partial charge on any atom is -0.144 e. The van der Waals surface area contributed by atoms with Crippen LogP contribution in [0, 0.1) is 5.92 Å². The third-order valence-electron chi connectivity index (χ3n) is 3.73. The SMILES string of the molecule is C(=C\c1ccc2ccsc2c1)/CC1CCCC1. The molecule has 88 valence electrons. The zero-order valence-electron chi connectivity index (χ0n) is 10.1. The van der Waals surface area contributed by atoms with E-state index < -0.39 is 0 Å². The van der Waals surface area contributed by atoms with E-state index in [1.165, 1.54) is 47.8 Å². The van der Waals surface area contributed by atoms with Crippen molar-refractivity contribution in [1.82, 2.24) is 0 Å². The van der Waals surface area contributed by atoms with Crippen LogP contribution in [0.4, 0.5) is 0 Å². The van der Waals surface area contributed by atoms with Crippen molar-refractivity contribution in [2.45, 2.75) is 32.1 Å². The first kappa shape index (κ1) is 11.0. The van der Waals surface area contributed by atoms with Gasteiger partial charge in [-0.3, -0.25) is 0 Å². The lowest BCUT2D eigenvalue weighted by Crippen LogP contribution is -1.88. The van der Waals surface area contributed by atoms with Crippen LogP contribution < -0.4 is 0 Å². The predicted molar refractivity (Wildman–Crippen MR) is 77.4 cm³/mol. The molecule has 0 bridgehead atoms. The van der Waals surface area contributed by atoms with Gasteiger partial charge in [0, 0.05) is 4.70 Å². The molecule has 1 aliphatic carbocycles. The average molecular weight is 242 g/mol. The van der Waals surface area contributed by atoms with Crippen molar-refractivity contribution in [3.63, 3.8) is 0 Å².